The van der Waals surface area contributed by atoms with Gasteiger partial charge in [0.2, 0.25) is 0 Å². The molecular weight excluding hydrogens is 323 g/mol. The van der Waals surface area contributed by atoms with E-state index < -0.39 is 14.7 Å². The number of halogens is 1. The Morgan fingerprint density at radius 1 is 0.938 bits per heavy atom. The van der Waals surface area contributed by atoms with E-state index in [9.17, 15) is 0 Å². The summed E-state index contributed by atoms with van der Waals surface area (Å²) >= 11 is 2.71. The Morgan fingerprint density at radius 2 is 1.56 bits per heavy atom. The van der Waals surface area contributed by atoms with Crippen LogP contribution in [-0.2, 0) is 5.21 Å². The molecule has 0 saturated carbocycles. The molecule has 0 radical (unpaired) electrons. The molecular formula is C14H14AsBr. The van der Waals surface area contributed by atoms with Gasteiger partial charge in [0.1, 0.15) is 0 Å². The summed E-state index contributed by atoms with van der Waals surface area (Å²) in [5.74, 6) is 0. The topological polar surface area (TPSA) is 0 Å². The van der Waals surface area contributed by atoms with Crippen molar-refractivity contribution in [3.63, 3.8) is 0 Å². The Bertz CT molecular complexity index is 453. The summed E-state index contributed by atoms with van der Waals surface area (Å²) < 4.78 is 2.79. The molecule has 1 unspecified atom stereocenters. The monoisotopic (exact) mass is 336 g/mol. The predicted octanol–water partition coefficient (Wildman–Crippen LogP) is 3.56. The summed E-state index contributed by atoms with van der Waals surface area (Å²) in [5.41, 5.74) is 3.86. The van der Waals surface area contributed by atoms with Crippen LogP contribution < -0.4 is 4.35 Å². The Labute approximate surface area is 110 Å². The van der Waals surface area contributed by atoms with Gasteiger partial charge in [-0.1, -0.05) is 0 Å². The summed E-state index contributed by atoms with van der Waals surface area (Å²) in [6.07, 6.45) is 0. The molecule has 0 aliphatic heterocycles. The van der Waals surface area contributed by atoms with E-state index in [-0.39, 0.29) is 0 Å². The first-order chi connectivity index (χ1) is 7.77. The molecule has 0 bridgehead atoms. The first kappa shape index (κ1) is 11.9. The second-order valence-corrected chi connectivity index (χ2v) is 9.31. The summed E-state index contributed by atoms with van der Waals surface area (Å²) in [5, 5.41) is 1.22. The standard InChI is InChI=1S/C14H14AsBr/c1-15(13-8-3-2-4-9-13)11-12-7-5-6-10-14(12)16/h2-10H,11H2,1H3. The van der Waals surface area contributed by atoms with E-state index in [4.69, 9.17) is 0 Å². The molecule has 0 saturated heterocycles. The molecule has 2 aromatic rings. The van der Waals surface area contributed by atoms with E-state index in [1.54, 1.807) is 4.35 Å². The molecule has 1 atom stereocenters. The van der Waals surface area contributed by atoms with E-state index in [2.05, 4.69) is 76.2 Å². The van der Waals surface area contributed by atoms with E-state index in [1.165, 1.54) is 15.2 Å². The van der Waals surface area contributed by atoms with Crippen LogP contribution in [0.25, 0.3) is 0 Å². The third-order valence-electron chi connectivity index (χ3n) is 2.56. The minimum absolute atomic E-state index is 0.915. The molecule has 16 heavy (non-hydrogen) atoms. The van der Waals surface area contributed by atoms with E-state index in [1.807, 2.05) is 0 Å². The third-order valence-corrected chi connectivity index (χ3v) is 7.52. The van der Waals surface area contributed by atoms with Gasteiger partial charge in [0.15, 0.2) is 0 Å². The molecule has 0 fully saturated rings. The van der Waals surface area contributed by atoms with Crippen molar-refractivity contribution in [2.24, 2.45) is 0 Å². The average molecular weight is 337 g/mol. The molecule has 0 N–H and O–H groups in total. The van der Waals surface area contributed by atoms with Crippen molar-refractivity contribution in [1.29, 1.82) is 0 Å². The normalized spacial score (nSPS) is 12.4. The van der Waals surface area contributed by atoms with E-state index in [0.29, 0.717) is 0 Å². The summed E-state index contributed by atoms with van der Waals surface area (Å²) in [6.45, 7) is 0. The summed E-state index contributed by atoms with van der Waals surface area (Å²) in [6, 6.07) is 19.4. The summed E-state index contributed by atoms with van der Waals surface area (Å²) in [7, 11) is 0. The third kappa shape index (κ3) is 2.99. The van der Waals surface area contributed by atoms with Crippen LogP contribution in [0.5, 0.6) is 0 Å². The fraction of sp³-hybridized carbons (Fsp3) is 0.143. The molecule has 2 aromatic carbocycles. The maximum atomic E-state index is 3.62. The van der Waals surface area contributed by atoms with Crippen LogP contribution in [0.1, 0.15) is 5.56 Å². The molecule has 0 nitrogen and oxygen atoms in total. The minimum atomic E-state index is -0.915. The molecule has 0 aromatic heterocycles. The zero-order chi connectivity index (χ0) is 11.4. The van der Waals surface area contributed by atoms with Crippen molar-refractivity contribution in [3.05, 3.63) is 64.6 Å². The van der Waals surface area contributed by atoms with Crippen LogP contribution in [0.3, 0.4) is 0 Å². The Kier molecular flexibility index (Phi) is 4.26. The first-order valence-corrected chi connectivity index (χ1v) is 10.2. The molecule has 0 heterocycles. The Balaban J connectivity index is 2.14. The van der Waals surface area contributed by atoms with Gasteiger partial charge >= 0.3 is 110 Å². The van der Waals surface area contributed by atoms with Crippen LogP contribution in [-0.4, -0.2) is 14.7 Å². The Hall–Kier alpha value is -0.522. The van der Waals surface area contributed by atoms with Crippen LogP contribution in [0.4, 0.5) is 0 Å². The van der Waals surface area contributed by atoms with Crippen molar-refractivity contribution >= 4 is 34.9 Å². The molecule has 0 aliphatic carbocycles. The average Bonchev–Trinajstić information content (AvgIpc) is 2.33. The van der Waals surface area contributed by atoms with Gasteiger partial charge in [-0.2, -0.15) is 0 Å². The van der Waals surface area contributed by atoms with E-state index in [0.717, 1.165) is 0 Å². The molecule has 2 heteroatoms. The fourth-order valence-electron chi connectivity index (χ4n) is 1.66. The molecule has 82 valence electrons. The molecule has 2 rings (SSSR count). The molecule has 0 amide bonds. The van der Waals surface area contributed by atoms with Gasteiger partial charge in [-0.05, 0) is 0 Å². The number of hydrogen-bond acceptors (Lipinski definition) is 0. The summed E-state index contributed by atoms with van der Waals surface area (Å²) in [4.78, 5) is 0. The maximum absolute atomic E-state index is 3.62. The fourth-order valence-corrected chi connectivity index (χ4v) is 6.01. The second kappa shape index (κ2) is 5.70. The van der Waals surface area contributed by atoms with Gasteiger partial charge in [-0.3, -0.25) is 0 Å². The van der Waals surface area contributed by atoms with Gasteiger partial charge in [0.05, 0.1) is 0 Å². The second-order valence-electron chi connectivity index (χ2n) is 3.78. The Morgan fingerprint density at radius 3 is 2.25 bits per heavy atom. The number of rotatable bonds is 3. The van der Waals surface area contributed by atoms with Crippen molar-refractivity contribution in [3.8, 4) is 0 Å². The van der Waals surface area contributed by atoms with Crippen molar-refractivity contribution < 1.29 is 0 Å². The van der Waals surface area contributed by atoms with E-state index >= 15 is 0 Å². The quantitative estimate of drug-likeness (QED) is 0.752. The first-order valence-electron chi connectivity index (χ1n) is 5.27. The van der Waals surface area contributed by atoms with Crippen molar-refractivity contribution in [1.82, 2.24) is 0 Å². The van der Waals surface area contributed by atoms with Gasteiger partial charge in [-0.25, -0.2) is 0 Å². The van der Waals surface area contributed by atoms with Crippen LogP contribution in [0.2, 0.25) is 5.71 Å². The van der Waals surface area contributed by atoms with Crippen LogP contribution in [0, 0.1) is 0 Å². The van der Waals surface area contributed by atoms with Crippen molar-refractivity contribution in [2.45, 2.75) is 10.9 Å². The van der Waals surface area contributed by atoms with Gasteiger partial charge in [-0.15, -0.1) is 0 Å². The molecule has 0 aliphatic rings. The van der Waals surface area contributed by atoms with Gasteiger partial charge < -0.3 is 0 Å². The number of benzene rings is 2. The van der Waals surface area contributed by atoms with Crippen LogP contribution in [0.15, 0.2) is 59.1 Å². The van der Waals surface area contributed by atoms with Gasteiger partial charge in [0.25, 0.3) is 0 Å². The number of hydrogen-bond donors (Lipinski definition) is 0. The zero-order valence-electron chi connectivity index (χ0n) is 9.23. The zero-order valence-corrected chi connectivity index (χ0v) is 12.7. The molecule has 0 spiro atoms. The SMILES string of the molecule is C[As](Cc1ccccc1Br)c1ccccc1. The van der Waals surface area contributed by atoms with Crippen molar-refractivity contribution in [2.75, 3.05) is 0 Å². The van der Waals surface area contributed by atoms with Crippen LogP contribution >= 0.6 is 15.9 Å². The predicted molar refractivity (Wildman–Crippen MR) is 75.5 cm³/mol. The van der Waals surface area contributed by atoms with Gasteiger partial charge in [0, 0.05) is 0 Å².